The van der Waals surface area contributed by atoms with E-state index in [1.807, 2.05) is 0 Å². The highest BCUT2D eigenvalue weighted by atomic mass is 35.5. The van der Waals surface area contributed by atoms with E-state index < -0.39 is 4.84 Å². The molecule has 1 aromatic carbocycles. The predicted octanol–water partition coefficient (Wildman–Crippen LogP) is 2.55. The van der Waals surface area contributed by atoms with Gasteiger partial charge in [-0.05, 0) is 18.2 Å². The van der Waals surface area contributed by atoms with Crippen molar-refractivity contribution in [3.8, 4) is 0 Å². The van der Waals surface area contributed by atoms with E-state index in [1.165, 1.54) is 0 Å². The summed E-state index contributed by atoms with van der Waals surface area (Å²) in [5.41, 5.74) is 2.09. The van der Waals surface area contributed by atoms with E-state index in [4.69, 9.17) is 23.2 Å². The molecule has 0 atom stereocenters. The number of rotatable bonds is 2. The number of carbonyl (C=O) groups is 1. The molecule has 0 aliphatic rings. The molecule has 0 bridgehead atoms. The third-order valence-corrected chi connectivity index (χ3v) is 2.30. The number of hydrogen-bond donors (Lipinski definition) is 1. The summed E-state index contributed by atoms with van der Waals surface area (Å²) >= 11 is 11.0. The van der Waals surface area contributed by atoms with E-state index in [-0.39, 0.29) is 5.78 Å². The molecule has 0 radical (unpaired) electrons. The average Bonchev–Trinajstić information content (AvgIpc) is 2.62. The summed E-state index contributed by atoms with van der Waals surface area (Å²) in [6.45, 7) is 0. The summed E-state index contributed by atoms with van der Waals surface area (Å²) in [6, 6.07) is 5.08. The van der Waals surface area contributed by atoms with Crippen molar-refractivity contribution in [1.29, 1.82) is 0 Å². The number of halogens is 2. The zero-order valence-corrected chi connectivity index (χ0v) is 8.51. The number of benzene rings is 1. The first kappa shape index (κ1) is 9.49. The van der Waals surface area contributed by atoms with Crippen LogP contribution in [0.1, 0.15) is 10.4 Å². The van der Waals surface area contributed by atoms with Gasteiger partial charge in [0, 0.05) is 5.56 Å². The highest BCUT2D eigenvalue weighted by molar-refractivity contribution is 6.55. The Balaban J connectivity index is 2.48. The fourth-order valence-corrected chi connectivity index (χ4v) is 1.47. The maximum atomic E-state index is 11.4. The van der Waals surface area contributed by atoms with Crippen molar-refractivity contribution < 1.29 is 4.79 Å². The standard InChI is InChI=1S/C9H6Cl2N2O/c10-9(11)8(14)5-1-2-6-7(3-5)13-4-12-6/h1-4,9H,(H,12,13). The number of aromatic amines is 1. The van der Waals surface area contributed by atoms with Crippen molar-refractivity contribution in [2.75, 3.05) is 0 Å². The number of fused-ring (bicyclic) bond motifs is 1. The Morgan fingerprint density at radius 3 is 2.93 bits per heavy atom. The normalized spacial score (nSPS) is 11.1. The van der Waals surface area contributed by atoms with Crippen LogP contribution in [-0.2, 0) is 0 Å². The van der Waals surface area contributed by atoms with E-state index in [2.05, 4.69) is 9.97 Å². The Morgan fingerprint density at radius 1 is 1.43 bits per heavy atom. The lowest BCUT2D eigenvalue weighted by Gasteiger charge is -2.00. The quantitative estimate of drug-likeness (QED) is 0.635. The summed E-state index contributed by atoms with van der Waals surface area (Å²) < 4.78 is 0. The van der Waals surface area contributed by atoms with Gasteiger partial charge in [-0.25, -0.2) is 4.98 Å². The molecule has 3 nitrogen and oxygen atoms in total. The summed E-state index contributed by atoms with van der Waals surface area (Å²) in [4.78, 5) is 17.3. The number of nitrogens with one attached hydrogen (secondary N) is 1. The van der Waals surface area contributed by atoms with Crippen LogP contribution in [0.4, 0.5) is 0 Å². The van der Waals surface area contributed by atoms with E-state index in [9.17, 15) is 4.79 Å². The highest BCUT2D eigenvalue weighted by Gasteiger charge is 2.14. The second-order valence-corrected chi connectivity index (χ2v) is 3.90. The molecule has 1 N–H and O–H groups in total. The summed E-state index contributed by atoms with van der Waals surface area (Å²) in [5.74, 6) is -0.301. The van der Waals surface area contributed by atoms with Crippen molar-refractivity contribution in [3.05, 3.63) is 30.1 Å². The number of nitrogens with zero attached hydrogens (tertiary/aromatic N) is 1. The lowest BCUT2D eigenvalue weighted by molar-refractivity contribution is 0.101. The molecule has 0 spiro atoms. The second kappa shape index (κ2) is 3.59. The van der Waals surface area contributed by atoms with Gasteiger partial charge in [-0.15, -0.1) is 0 Å². The van der Waals surface area contributed by atoms with Gasteiger partial charge in [0.05, 0.1) is 17.4 Å². The van der Waals surface area contributed by atoms with Crippen molar-refractivity contribution in [1.82, 2.24) is 9.97 Å². The number of H-pyrrole nitrogens is 1. The predicted molar refractivity (Wildman–Crippen MR) is 55.9 cm³/mol. The Bertz CT molecular complexity index is 478. The molecular formula is C9H6Cl2N2O. The Labute approximate surface area is 90.0 Å². The molecule has 2 aromatic rings. The van der Waals surface area contributed by atoms with E-state index >= 15 is 0 Å². The van der Waals surface area contributed by atoms with Crippen LogP contribution >= 0.6 is 23.2 Å². The van der Waals surface area contributed by atoms with E-state index in [1.54, 1.807) is 24.5 Å². The molecule has 0 aliphatic heterocycles. The van der Waals surface area contributed by atoms with Gasteiger partial charge >= 0.3 is 0 Å². The van der Waals surface area contributed by atoms with Crippen LogP contribution in [0.2, 0.25) is 0 Å². The lowest BCUT2D eigenvalue weighted by atomic mass is 10.1. The molecule has 0 amide bonds. The van der Waals surface area contributed by atoms with Gasteiger partial charge in [-0.3, -0.25) is 4.79 Å². The second-order valence-electron chi connectivity index (χ2n) is 2.80. The van der Waals surface area contributed by atoms with Crippen molar-refractivity contribution in [3.63, 3.8) is 0 Å². The maximum Gasteiger partial charge on any atom is 0.195 e. The van der Waals surface area contributed by atoms with Gasteiger partial charge in [0.25, 0.3) is 0 Å². The van der Waals surface area contributed by atoms with Gasteiger partial charge in [0.2, 0.25) is 0 Å². The minimum atomic E-state index is -1.02. The third kappa shape index (κ3) is 1.61. The molecule has 5 heteroatoms. The molecule has 0 saturated carbocycles. The van der Waals surface area contributed by atoms with E-state index in [0.29, 0.717) is 5.56 Å². The van der Waals surface area contributed by atoms with Gasteiger partial charge < -0.3 is 4.98 Å². The zero-order valence-electron chi connectivity index (χ0n) is 7.00. The maximum absolute atomic E-state index is 11.4. The fourth-order valence-electron chi connectivity index (χ4n) is 1.21. The van der Waals surface area contributed by atoms with Crippen LogP contribution in [0.25, 0.3) is 11.0 Å². The number of alkyl halides is 2. The van der Waals surface area contributed by atoms with Crippen LogP contribution in [0.5, 0.6) is 0 Å². The lowest BCUT2D eigenvalue weighted by Crippen LogP contribution is -2.07. The monoisotopic (exact) mass is 228 g/mol. The van der Waals surface area contributed by atoms with Crippen LogP contribution in [0.3, 0.4) is 0 Å². The molecule has 0 saturated heterocycles. The first-order valence-corrected chi connectivity index (χ1v) is 4.81. The summed E-state index contributed by atoms with van der Waals surface area (Å²) in [7, 11) is 0. The van der Waals surface area contributed by atoms with Crippen LogP contribution in [0, 0.1) is 0 Å². The van der Waals surface area contributed by atoms with Gasteiger partial charge in [-0.1, -0.05) is 23.2 Å². The molecule has 0 aliphatic carbocycles. The van der Waals surface area contributed by atoms with Crippen molar-refractivity contribution in [2.45, 2.75) is 4.84 Å². The Hall–Kier alpha value is -1.06. The van der Waals surface area contributed by atoms with Crippen LogP contribution < -0.4 is 0 Å². The van der Waals surface area contributed by atoms with E-state index in [0.717, 1.165) is 11.0 Å². The smallest absolute Gasteiger partial charge is 0.195 e. The number of aromatic nitrogens is 2. The third-order valence-electron chi connectivity index (χ3n) is 1.90. The number of imidazole rings is 1. The van der Waals surface area contributed by atoms with Crippen molar-refractivity contribution >= 4 is 40.0 Å². The van der Waals surface area contributed by atoms with Crippen LogP contribution in [0.15, 0.2) is 24.5 Å². The number of carbonyl (C=O) groups excluding carboxylic acids is 1. The first-order chi connectivity index (χ1) is 6.68. The van der Waals surface area contributed by atoms with Gasteiger partial charge in [0.15, 0.2) is 10.6 Å². The largest absolute Gasteiger partial charge is 0.345 e. The molecule has 1 heterocycles. The average molecular weight is 229 g/mol. The minimum absolute atomic E-state index is 0.301. The molecular weight excluding hydrogens is 223 g/mol. The zero-order chi connectivity index (χ0) is 10.1. The summed E-state index contributed by atoms with van der Waals surface area (Å²) in [5, 5.41) is 0. The SMILES string of the molecule is O=C(c1ccc2nc[nH]c2c1)C(Cl)Cl. The number of hydrogen-bond acceptors (Lipinski definition) is 2. The van der Waals surface area contributed by atoms with Gasteiger partial charge in [0.1, 0.15) is 0 Å². The molecule has 14 heavy (non-hydrogen) atoms. The fraction of sp³-hybridized carbons (Fsp3) is 0.111. The Kier molecular flexibility index (Phi) is 2.44. The van der Waals surface area contributed by atoms with Crippen molar-refractivity contribution in [2.24, 2.45) is 0 Å². The topological polar surface area (TPSA) is 45.8 Å². The minimum Gasteiger partial charge on any atom is -0.345 e. The first-order valence-electron chi connectivity index (χ1n) is 3.94. The molecule has 0 fully saturated rings. The molecule has 2 rings (SSSR count). The summed E-state index contributed by atoms with van der Waals surface area (Å²) in [6.07, 6.45) is 1.57. The Morgan fingerprint density at radius 2 is 2.21 bits per heavy atom. The molecule has 0 unspecified atom stereocenters. The van der Waals surface area contributed by atoms with Crippen LogP contribution in [-0.4, -0.2) is 20.6 Å². The highest BCUT2D eigenvalue weighted by Crippen LogP contribution is 2.16. The molecule has 72 valence electrons. The van der Waals surface area contributed by atoms with Gasteiger partial charge in [-0.2, -0.15) is 0 Å². The number of ketones is 1. The number of Topliss-reactive ketones (excluding diaryl/α,β-unsaturated/α-hetero) is 1. The molecule has 1 aromatic heterocycles.